The zero-order valence-electron chi connectivity index (χ0n) is 10.2. The van der Waals surface area contributed by atoms with Crippen LogP contribution in [0, 0.1) is 5.92 Å². The number of hydrogen-bond acceptors (Lipinski definition) is 4. The Morgan fingerprint density at radius 1 is 1.53 bits per heavy atom. The molecule has 0 aromatic heterocycles. The number of hydrogen-bond donors (Lipinski definition) is 3. The van der Waals surface area contributed by atoms with Gasteiger partial charge in [0.2, 0.25) is 0 Å². The van der Waals surface area contributed by atoms with Gasteiger partial charge in [-0.15, -0.1) is 0 Å². The Kier molecular flexibility index (Phi) is 4.78. The third-order valence-corrected chi connectivity index (χ3v) is 2.57. The van der Waals surface area contributed by atoms with Gasteiger partial charge >= 0.3 is 0 Å². The van der Waals surface area contributed by atoms with Gasteiger partial charge in [-0.1, -0.05) is 24.2 Å². The van der Waals surface area contributed by atoms with Gasteiger partial charge in [-0.2, -0.15) is 0 Å². The molecule has 5 nitrogen and oxygen atoms in total. The molecule has 0 amide bonds. The number of benzene rings is 1. The van der Waals surface area contributed by atoms with Crippen molar-refractivity contribution in [2.45, 2.75) is 13.5 Å². The minimum Gasteiger partial charge on any atom is -0.508 e. The normalized spacial score (nSPS) is 13.9. The van der Waals surface area contributed by atoms with Crippen molar-refractivity contribution < 1.29 is 10.3 Å². The SMILES string of the molecule is CC(CN(C)Cc1cccc(O)c1)C(N)=NO. The zero-order valence-corrected chi connectivity index (χ0v) is 10.2. The van der Waals surface area contributed by atoms with E-state index in [4.69, 9.17) is 10.9 Å². The lowest BCUT2D eigenvalue weighted by Crippen LogP contribution is -2.32. The van der Waals surface area contributed by atoms with Crippen LogP contribution < -0.4 is 5.73 Å². The average molecular weight is 237 g/mol. The van der Waals surface area contributed by atoms with Gasteiger partial charge in [-0.25, -0.2) is 0 Å². The van der Waals surface area contributed by atoms with Crippen LogP contribution in [0.2, 0.25) is 0 Å². The second-order valence-electron chi connectivity index (χ2n) is 4.29. The molecule has 1 aromatic carbocycles. The van der Waals surface area contributed by atoms with E-state index in [0.717, 1.165) is 5.56 Å². The van der Waals surface area contributed by atoms with Crippen LogP contribution in [-0.4, -0.2) is 34.6 Å². The van der Waals surface area contributed by atoms with Gasteiger partial charge < -0.3 is 20.9 Å². The maximum absolute atomic E-state index is 9.34. The summed E-state index contributed by atoms with van der Waals surface area (Å²) in [6, 6.07) is 7.13. The van der Waals surface area contributed by atoms with Gasteiger partial charge in [-0.05, 0) is 24.7 Å². The highest BCUT2D eigenvalue weighted by molar-refractivity contribution is 5.82. The molecule has 0 saturated heterocycles. The molecule has 0 fully saturated rings. The minimum absolute atomic E-state index is 0.0118. The molecule has 0 aliphatic rings. The van der Waals surface area contributed by atoms with Gasteiger partial charge in [-0.3, -0.25) is 0 Å². The molecule has 0 radical (unpaired) electrons. The summed E-state index contributed by atoms with van der Waals surface area (Å²) >= 11 is 0. The van der Waals surface area contributed by atoms with Crippen molar-refractivity contribution in [2.75, 3.05) is 13.6 Å². The summed E-state index contributed by atoms with van der Waals surface area (Å²) in [7, 11) is 1.95. The monoisotopic (exact) mass is 237 g/mol. The number of nitrogens with zero attached hydrogens (tertiary/aromatic N) is 2. The van der Waals surface area contributed by atoms with E-state index < -0.39 is 0 Å². The van der Waals surface area contributed by atoms with Gasteiger partial charge in [0.05, 0.1) is 0 Å². The highest BCUT2D eigenvalue weighted by atomic mass is 16.4. The first-order chi connectivity index (χ1) is 8.02. The highest BCUT2D eigenvalue weighted by Crippen LogP contribution is 2.13. The highest BCUT2D eigenvalue weighted by Gasteiger charge is 2.11. The van der Waals surface area contributed by atoms with Crippen molar-refractivity contribution >= 4 is 5.84 Å². The van der Waals surface area contributed by atoms with Crippen molar-refractivity contribution in [2.24, 2.45) is 16.8 Å². The quantitative estimate of drug-likeness (QED) is 0.311. The molecule has 17 heavy (non-hydrogen) atoms. The molecule has 1 unspecified atom stereocenters. The molecule has 5 heteroatoms. The smallest absolute Gasteiger partial charge is 0.143 e. The number of nitrogens with two attached hydrogens (primary N) is 1. The number of aromatic hydroxyl groups is 1. The Bertz CT molecular complexity index is 393. The summed E-state index contributed by atoms with van der Waals surface area (Å²) in [5, 5.41) is 20.9. The van der Waals surface area contributed by atoms with Crippen molar-refractivity contribution in [3.63, 3.8) is 0 Å². The molecule has 1 aromatic rings. The van der Waals surface area contributed by atoms with Crippen LogP contribution >= 0.6 is 0 Å². The maximum Gasteiger partial charge on any atom is 0.143 e. The summed E-state index contributed by atoms with van der Waals surface area (Å²) < 4.78 is 0. The lowest BCUT2D eigenvalue weighted by atomic mass is 10.1. The van der Waals surface area contributed by atoms with Crippen LogP contribution in [0.25, 0.3) is 0 Å². The molecule has 0 saturated carbocycles. The minimum atomic E-state index is -0.0118. The predicted molar refractivity (Wildman–Crippen MR) is 67.0 cm³/mol. The molecule has 0 aliphatic heterocycles. The van der Waals surface area contributed by atoms with Gasteiger partial charge in [0, 0.05) is 19.0 Å². The number of oxime groups is 1. The molecule has 0 aliphatic carbocycles. The number of amidine groups is 1. The summed E-state index contributed by atoms with van der Waals surface area (Å²) in [6.07, 6.45) is 0. The number of rotatable bonds is 5. The summed E-state index contributed by atoms with van der Waals surface area (Å²) in [5.41, 5.74) is 6.54. The van der Waals surface area contributed by atoms with E-state index in [9.17, 15) is 5.11 Å². The largest absolute Gasteiger partial charge is 0.508 e. The van der Waals surface area contributed by atoms with E-state index in [-0.39, 0.29) is 17.5 Å². The molecular formula is C12H19N3O2. The zero-order chi connectivity index (χ0) is 12.8. The van der Waals surface area contributed by atoms with Gasteiger partial charge in [0.1, 0.15) is 11.6 Å². The first-order valence-electron chi connectivity index (χ1n) is 5.46. The molecular weight excluding hydrogens is 218 g/mol. The third-order valence-electron chi connectivity index (χ3n) is 2.57. The van der Waals surface area contributed by atoms with Crippen LogP contribution in [0.4, 0.5) is 0 Å². The van der Waals surface area contributed by atoms with Crippen LogP contribution in [0.15, 0.2) is 29.4 Å². The summed E-state index contributed by atoms with van der Waals surface area (Å²) in [5.74, 6) is 0.482. The fourth-order valence-electron chi connectivity index (χ4n) is 1.69. The topological polar surface area (TPSA) is 82.1 Å². The van der Waals surface area contributed by atoms with E-state index in [1.54, 1.807) is 12.1 Å². The van der Waals surface area contributed by atoms with Gasteiger partial charge in [0.15, 0.2) is 0 Å². The molecule has 4 N–H and O–H groups in total. The van der Waals surface area contributed by atoms with E-state index in [1.165, 1.54) is 0 Å². The van der Waals surface area contributed by atoms with E-state index >= 15 is 0 Å². The molecule has 0 spiro atoms. The van der Waals surface area contributed by atoms with E-state index in [1.807, 2.05) is 26.1 Å². The first-order valence-corrected chi connectivity index (χ1v) is 5.46. The molecule has 0 bridgehead atoms. The molecule has 1 atom stereocenters. The Hall–Kier alpha value is -1.75. The molecule has 0 heterocycles. The van der Waals surface area contributed by atoms with Crippen LogP contribution in [0.1, 0.15) is 12.5 Å². The van der Waals surface area contributed by atoms with E-state index in [0.29, 0.717) is 13.1 Å². The predicted octanol–water partition coefficient (Wildman–Crippen LogP) is 1.21. The number of phenolic OH excluding ortho intramolecular Hbond substituents is 1. The average Bonchev–Trinajstić information content (AvgIpc) is 2.27. The molecule has 1 rings (SSSR count). The van der Waals surface area contributed by atoms with Crippen molar-refractivity contribution in [3.8, 4) is 5.75 Å². The van der Waals surface area contributed by atoms with Crippen LogP contribution in [0.3, 0.4) is 0 Å². The Labute approximate surface area is 101 Å². The summed E-state index contributed by atoms with van der Waals surface area (Å²) in [4.78, 5) is 2.05. The maximum atomic E-state index is 9.34. The Balaban J connectivity index is 2.52. The van der Waals surface area contributed by atoms with Crippen LogP contribution in [-0.2, 0) is 6.54 Å². The van der Waals surface area contributed by atoms with Crippen molar-refractivity contribution in [3.05, 3.63) is 29.8 Å². The lowest BCUT2D eigenvalue weighted by Gasteiger charge is -2.20. The second kappa shape index (κ2) is 6.10. The third kappa shape index (κ3) is 4.32. The number of phenols is 1. The Morgan fingerprint density at radius 3 is 2.82 bits per heavy atom. The summed E-state index contributed by atoms with van der Waals surface area (Å²) in [6.45, 7) is 3.29. The van der Waals surface area contributed by atoms with E-state index in [2.05, 4.69) is 10.1 Å². The second-order valence-corrected chi connectivity index (χ2v) is 4.29. The van der Waals surface area contributed by atoms with Crippen molar-refractivity contribution in [1.82, 2.24) is 4.90 Å². The fraction of sp³-hybridized carbons (Fsp3) is 0.417. The van der Waals surface area contributed by atoms with Gasteiger partial charge in [0.25, 0.3) is 0 Å². The fourth-order valence-corrected chi connectivity index (χ4v) is 1.69. The van der Waals surface area contributed by atoms with Crippen LogP contribution in [0.5, 0.6) is 5.75 Å². The Morgan fingerprint density at radius 2 is 2.24 bits per heavy atom. The standard InChI is InChI=1S/C12H19N3O2/c1-9(12(13)14-17)7-15(2)8-10-4-3-5-11(16)6-10/h3-6,9,16-17H,7-8H2,1-2H3,(H2,13,14). The molecule has 94 valence electrons. The van der Waals surface area contributed by atoms with Crippen molar-refractivity contribution in [1.29, 1.82) is 0 Å². The first kappa shape index (κ1) is 13.3. The lowest BCUT2D eigenvalue weighted by molar-refractivity contribution is 0.290.